The lowest BCUT2D eigenvalue weighted by atomic mass is 9.92. The fraction of sp³-hybridized carbons (Fsp3) is 0.636. The van der Waals surface area contributed by atoms with E-state index in [9.17, 15) is 4.79 Å². The van der Waals surface area contributed by atoms with Crippen molar-refractivity contribution in [3.63, 3.8) is 0 Å². The molecule has 1 unspecified atom stereocenters. The van der Waals surface area contributed by atoms with E-state index in [1.165, 1.54) is 12.8 Å². The highest BCUT2D eigenvalue weighted by atomic mass is 16.5. The molecule has 0 radical (unpaired) electrons. The largest absolute Gasteiger partial charge is 0.379 e. The van der Waals surface area contributed by atoms with E-state index in [2.05, 4.69) is 39.7 Å². The third-order valence-electron chi connectivity index (χ3n) is 5.71. The molecule has 1 atom stereocenters. The topological polar surface area (TPSA) is 78.0 Å². The molecule has 7 heteroatoms. The Bertz CT molecular complexity index is 637. The van der Waals surface area contributed by atoms with Crippen molar-refractivity contribution in [3.8, 4) is 0 Å². The molecule has 1 aliphatic rings. The first kappa shape index (κ1) is 23.2. The van der Waals surface area contributed by atoms with Gasteiger partial charge in [0.05, 0.1) is 13.2 Å². The first-order chi connectivity index (χ1) is 14.1. The number of guanidine groups is 1. The SMILES string of the molecule is CCC(CC)C(CNC(=NC)NCc1ccc(C(=O)NC)cc1)N1CCOCC1. The van der Waals surface area contributed by atoms with Crippen LogP contribution in [0.15, 0.2) is 29.3 Å². The second-order valence-electron chi connectivity index (χ2n) is 7.37. The molecule has 1 amide bonds. The maximum Gasteiger partial charge on any atom is 0.251 e. The summed E-state index contributed by atoms with van der Waals surface area (Å²) in [5.74, 6) is 1.37. The van der Waals surface area contributed by atoms with Gasteiger partial charge in [0.25, 0.3) is 5.91 Å². The van der Waals surface area contributed by atoms with Gasteiger partial charge in [-0.1, -0.05) is 38.8 Å². The van der Waals surface area contributed by atoms with E-state index in [1.807, 2.05) is 24.3 Å². The average molecular weight is 404 g/mol. The number of carbonyl (C=O) groups excluding carboxylic acids is 1. The van der Waals surface area contributed by atoms with Crippen molar-refractivity contribution >= 4 is 11.9 Å². The zero-order valence-corrected chi connectivity index (χ0v) is 18.3. The molecule has 162 valence electrons. The number of benzene rings is 1. The molecule has 1 fully saturated rings. The van der Waals surface area contributed by atoms with Crippen LogP contribution in [0.4, 0.5) is 0 Å². The molecule has 0 aliphatic carbocycles. The molecule has 1 aromatic rings. The molecule has 1 saturated heterocycles. The van der Waals surface area contributed by atoms with E-state index in [0.29, 0.717) is 24.1 Å². The summed E-state index contributed by atoms with van der Waals surface area (Å²) >= 11 is 0. The summed E-state index contributed by atoms with van der Waals surface area (Å²) in [6, 6.07) is 8.08. The quantitative estimate of drug-likeness (QED) is 0.433. The smallest absolute Gasteiger partial charge is 0.251 e. The van der Waals surface area contributed by atoms with Gasteiger partial charge in [0.1, 0.15) is 0 Å². The van der Waals surface area contributed by atoms with Crippen LogP contribution in [0.1, 0.15) is 42.6 Å². The summed E-state index contributed by atoms with van der Waals surface area (Å²) < 4.78 is 5.54. The van der Waals surface area contributed by atoms with Crippen LogP contribution in [0, 0.1) is 5.92 Å². The van der Waals surface area contributed by atoms with Crippen molar-refractivity contribution in [2.75, 3.05) is 46.9 Å². The molecular formula is C22H37N5O2. The van der Waals surface area contributed by atoms with Crippen LogP contribution in [0.5, 0.6) is 0 Å². The normalized spacial score (nSPS) is 16.5. The Morgan fingerprint density at radius 1 is 1.14 bits per heavy atom. The molecule has 1 aliphatic heterocycles. The Hall–Kier alpha value is -2.12. The molecule has 7 nitrogen and oxygen atoms in total. The monoisotopic (exact) mass is 403 g/mol. The second-order valence-corrected chi connectivity index (χ2v) is 7.37. The van der Waals surface area contributed by atoms with Crippen LogP contribution in [0.25, 0.3) is 0 Å². The predicted molar refractivity (Wildman–Crippen MR) is 118 cm³/mol. The Labute approximate surface area is 175 Å². The zero-order valence-electron chi connectivity index (χ0n) is 18.3. The minimum Gasteiger partial charge on any atom is -0.379 e. The fourth-order valence-electron chi connectivity index (χ4n) is 3.86. The standard InChI is InChI=1S/C22H37N5O2/c1-5-18(6-2)20(27-11-13-29-14-12-27)16-26-22(24-4)25-15-17-7-9-19(10-8-17)21(28)23-3/h7-10,18,20H,5-6,11-16H2,1-4H3,(H,23,28)(H2,24,25,26). The third kappa shape index (κ3) is 7.01. The number of carbonyl (C=O) groups is 1. The van der Waals surface area contributed by atoms with Crippen LogP contribution < -0.4 is 16.0 Å². The predicted octanol–water partition coefficient (Wildman–Crippen LogP) is 1.85. The number of hydrogen-bond acceptors (Lipinski definition) is 4. The molecule has 1 heterocycles. The highest BCUT2D eigenvalue weighted by Crippen LogP contribution is 2.19. The molecule has 1 aromatic carbocycles. The van der Waals surface area contributed by atoms with Crippen molar-refractivity contribution in [2.24, 2.45) is 10.9 Å². The summed E-state index contributed by atoms with van der Waals surface area (Å²) in [7, 11) is 3.43. The minimum atomic E-state index is -0.0717. The Morgan fingerprint density at radius 2 is 1.79 bits per heavy atom. The lowest BCUT2D eigenvalue weighted by Gasteiger charge is -2.39. The lowest BCUT2D eigenvalue weighted by molar-refractivity contribution is 0.00272. The first-order valence-electron chi connectivity index (χ1n) is 10.7. The summed E-state index contributed by atoms with van der Waals surface area (Å²) in [6.07, 6.45) is 2.34. The lowest BCUT2D eigenvalue weighted by Crippen LogP contribution is -2.53. The zero-order chi connectivity index (χ0) is 21.1. The van der Waals surface area contributed by atoms with Crippen LogP contribution >= 0.6 is 0 Å². The van der Waals surface area contributed by atoms with Crippen molar-refractivity contribution in [1.29, 1.82) is 0 Å². The molecular weight excluding hydrogens is 366 g/mol. The maximum absolute atomic E-state index is 11.7. The van der Waals surface area contributed by atoms with Crippen molar-refractivity contribution in [1.82, 2.24) is 20.9 Å². The summed E-state index contributed by atoms with van der Waals surface area (Å²) in [6.45, 7) is 9.68. The highest BCUT2D eigenvalue weighted by Gasteiger charge is 2.26. The van der Waals surface area contributed by atoms with Crippen molar-refractivity contribution in [2.45, 2.75) is 39.3 Å². The molecule has 0 bridgehead atoms. The number of ether oxygens (including phenoxy) is 1. The van der Waals surface area contributed by atoms with Crippen molar-refractivity contribution in [3.05, 3.63) is 35.4 Å². The summed E-state index contributed by atoms with van der Waals surface area (Å²) in [4.78, 5) is 18.6. The summed E-state index contributed by atoms with van der Waals surface area (Å²) in [5, 5.41) is 9.53. The van der Waals surface area contributed by atoms with Gasteiger partial charge in [0.2, 0.25) is 0 Å². The second kappa shape index (κ2) is 12.4. The number of amides is 1. The molecule has 2 rings (SSSR count). The fourth-order valence-corrected chi connectivity index (χ4v) is 3.86. The van der Waals surface area contributed by atoms with Gasteiger partial charge in [-0.2, -0.15) is 0 Å². The number of nitrogens with one attached hydrogen (secondary N) is 3. The van der Waals surface area contributed by atoms with Gasteiger partial charge >= 0.3 is 0 Å². The average Bonchev–Trinajstić information content (AvgIpc) is 2.78. The van der Waals surface area contributed by atoms with Gasteiger partial charge in [-0.3, -0.25) is 14.7 Å². The van der Waals surface area contributed by atoms with Crippen LogP contribution in [-0.4, -0.2) is 69.8 Å². The van der Waals surface area contributed by atoms with Gasteiger partial charge in [0, 0.05) is 51.9 Å². The minimum absolute atomic E-state index is 0.0717. The molecule has 0 saturated carbocycles. The maximum atomic E-state index is 11.7. The number of aliphatic imine (C=N–C) groups is 1. The Morgan fingerprint density at radius 3 is 2.34 bits per heavy atom. The number of rotatable bonds is 9. The highest BCUT2D eigenvalue weighted by molar-refractivity contribution is 5.93. The van der Waals surface area contributed by atoms with E-state index in [1.54, 1.807) is 14.1 Å². The number of nitrogens with zero attached hydrogens (tertiary/aromatic N) is 2. The molecule has 29 heavy (non-hydrogen) atoms. The Kier molecular flexibility index (Phi) is 9.94. The van der Waals surface area contributed by atoms with Crippen LogP contribution in [0.3, 0.4) is 0 Å². The van der Waals surface area contributed by atoms with Gasteiger partial charge in [-0.15, -0.1) is 0 Å². The molecule has 0 aromatic heterocycles. The van der Waals surface area contributed by atoms with E-state index in [0.717, 1.165) is 44.4 Å². The molecule has 0 spiro atoms. The number of hydrogen-bond donors (Lipinski definition) is 3. The number of morpholine rings is 1. The third-order valence-corrected chi connectivity index (χ3v) is 5.71. The Balaban J connectivity index is 1.90. The van der Waals surface area contributed by atoms with E-state index < -0.39 is 0 Å². The summed E-state index contributed by atoms with van der Waals surface area (Å²) in [5.41, 5.74) is 1.77. The van der Waals surface area contributed by atoms with Gasteiger partial charge in [-0.25, -0.2) is 0 Å². The van der Waals surface area contributed by atoms with Gasteiger partial charge in [0.15, 0.2) is 5.96 Å². The van der Waals surface area contributed by atoms with Crippen LogP contribution in [-0.2, 0) is 11.3 Å². The van der Waals surface area contributed by atoms with Gasteiger partial charge in [-0.05, 0) is 23.6 Å². The van der Waals surface area contributed by atoms with Crippen molar-refractivity contribution < 1.29 is 9.53 Å². The first-order valence-corrected chi connectivity index (χ1v) is 10.7. The van der Waals surface area contributed by atoms with Gasteiger partial charge < -0.3 is 20.7 Å². The van der Waals surface area contributed by atoms with Crippen LogP contribution in [0.2, 0.25) is 0 Å². The van der Waals surface area contributed by atoms with E-state index in [-0.39, 0.29) is 5.91 Å². The molecule has 3 N–H and O–H groups in total. The van der Waals surface area contributed by atoms with E-state index in [4.69, 9.17) is 4.74 Å². The van der Waals surface area contributed by atoms with E-state index >= 15 is 0 Å².